The van der Waals surface area contributed by atoms with Crippen molar-refractivity contribution >= 4 is 32.6 Å². The third-order valence-electron chi connectivity index (χ3n) is 5.13. The van der Waals surface area contributed by atoms with Crippen molar-refractivity contribution < 1.29 is 19.0 Å². The normalized spacial score (nSPS) is 14.1. The van der Waals surface area contributed by atoms with Crippen molar-refractivity contribution in [1.82, 2.24) is 9.88 Å². The van der Waals surface area contributed by atoms with Crippen LogP contribution in [0.25, 0.3) is 10.2 Å². The highest BCUT2D eigenvalue weighted by molar-refractivity contribution is 7.22. The molecule has 7 nitrogen and oxygen atoms in total. The first-order valence-electron chi connectivity index (χ1n) is 9.92. The van der Waals surface area contributed by atoms with Crippen molar-refractivity contribution in [2.24, 2.45) is 0 Å². The zero-order chi connectivity index (χ0) is 21.1. The van der Waals surface area contributed by atoms with E-state index in [-0.39, 0.29) is 5.91 Å². The molecule has 1 fully saturated rings. The summed E-state index contributed by atoms with van der Waals surface area (Å²) < 4.78 is 17.3. The topological polar surface area (TPSA) is 64.1 Å². The summed E-state index contributed by atoms with van der Waals surface area (Å²) in [5.41, 5.74) is 1.58. The van der Waals surface area contributed by atoms with E-state index in [1.807, 2.05) is 30.0 Å². The van der Waals surface area contributed by atoms with Crippen molar-refractivity contribution in [3.63, 3.8) is 0 Å². The fourth-order valence-corrected chi connectivity index (χ4v) is 4.58. The van der Waals surface area contributed by atoms with Gasteiger partial charge in [-0.05, 0) is 43.3 Å². The number of ether oxygens (including phenoxy) is 3. The Hall–Kier alpha value is -3.00. The number of benzene rings is 2. The minimum Gasteiger partial charge on any atom is -0.494 e. The van der Waals surface area contributed by atoms with Crippen LogP contribution in [0.5, 0.6) is 17.2 Å². The Morgan fingerprint density at radius 1 is 1.03 bits per heavy atom. The lowest BCUT2D eigenvalue weighted by molar-refractivity contribution is 0.0746. The largest absolute Gasteiger partial charge is 0.494 e. The van der Waals surface area contributed by atoms with Gasteiger partial charge in [0.15, 0.2) is 16.6 Å². The number of carbonyl (C=O) groups is 1. The van der Waals surface area contributed by atoms with Gasteiger partial charge in [-0.25, -0.2) is 4.98 Å². The highest BCUT2D eigenvalue weighted by Crippen LogP contribution is 2.32. The molecule has 30 heavy (non-hydrogen) atoms. The Morgan fingerprint density at radius 2 is 1.80 bits per heavy atom. The van der Waals surface area contributed by atoms with E-state index in [0.717, 1.165) is 34.2 Å². The summed E-state index contributed by atoms with van der Waals surface area (Å²) in [5, 5.41) is 0.983. The Balaban J connectivity index is 1.43. The third-order valence-corrected chi connectivity index (χ3v) is 6.21. The summed E-state index contributed by atoms with van der Waals surface area (Å²) >= 11 is 1.66. The van der Waals surface area contributed by atoms with Crippen LogP contribution in [-0.4, -0.2) is 62.8 Å². The first-order chi connectivity index (χ1) is 14.6. The molecule has 0 spiro atoms. The molecule has 0 radical (unpaired) electrons. The summed E-state index contributed by atoms with van der Waals surface area (Å²) in [6.45, 7) is 5.41. The van der Waals surface area contributed by atoms with Gasteiger partial charge in [-0.1, -0.05) is 11.3 Å². The van der Waals surface area contributed by atoms with Crippen molar-refractivity contribution in [2.75, 3.05) is 51.9 Å². The van der Waals surface area contributed by atoms with Crippen LogP contribution in [0.15, 0.2) is 36.4 Å². The summed E-state index contributed by atoms with van der Waals surface area (Å²) in [4.78, 5) is 21.8. The van der Waals surface area contributed by atoms with Crippen LogP contribution in [0.3, 0.4) is 0 Å². The number of carbonyl (C=O) groups excluding carboxylic acids is 1. The number of rotatable bonds is 6. The number of nitrogens with zero attached hydrogens (tertiary/aromatic N) is 3. The number of hydrogen-bond acceptors (Lipinski definition) is 7. The number of piperazine rings is 1. The molecule has 4 rings (SSSR count). The van der Waals surface area contributed by atoms with Gasteiger partial charge in [-0.3, -0.25) is 4.79 Å². The maximum Gasteiger partial charge on any atom is 0.254 e. The fraction of sp³-hybridized carbons (Fsp3) is 0.364. The third kappa shape index (κ3) is 4.00. The van der Waals surface area contributed by atoms with Crippen molar-refractivity contribution in [2.45, 2.75) is 6.92 Å². The molecule has 0 aliphatic carbocycles. The fourth-order valence-electron chi connectivity index (χ4n) is 3.54. The smallest absolute Gasteiger partial charge is 0.254 e. The molecule has 0 N–H and O–H groups in total. The predicted octanol–water partition coefficient (Wildman–Crippen LogP) is 3.67. The highest BCUT2D eigenvalue weighted by atomic mass is 32.1. The lowest BCUT2D eigenvalue weighted by Crippen LogP contribution is -2.48. The SMILES string of the molecule is CCOc1ccc2nc(N3CCN(C(=O)c4ccc(OC)c(OC)c4)CC3)sc2c1. The average Bonchev–Trinajstić information content (AvgIpc) is 3.22. The van der Waals surface area contributed by atoms with Gasteiger partial charge in [0.05, 0.1) is 31.0 Å². The maximum absolute atomic E-state index is 12.9. The van der Waals surface area contributed by atoms with Crippen LogP contribution < -0.4 is 19.1 Å². The van der Waals surface area contributed by atoms with Crippen LogP contribution in [0.2, 0.25) is 0 Å². The van der Waals surface area contributed by atoms with Gasteiger partial charge < -0.3 is 24.0 Å². The molecule has 2 aromatic carbocycles. The minimum absolute atomic E-state index is 0.00117. The molecular formula is C22H25N3O4S. The maximum atomic E-state index is 12.9. The van der Waals surface area contributed by atoms with E-state index < -0.39 is 0 Å². The molecule has 1 saturated heterocycles. The molecular weight excluding hydrogens is 402 g/mol. The van der Waals surface area contributed by atoms with Gasteiger partial charge in [-0.2, -0.15) is 0 Å². The quantitative estimate of drug-likeness (QED) is 0.598. The molecule has 1 amide bonds. The number of amides is 1. The van der Waals surface area contributed by atoms with Crippen LogP contribution in [-0.2, 0) is 0 Å². The lowest BCUT2D eigenvalue weighted by Gasteiger charge is -2.34. The number of aromatic nitrogens is 1. The van der Waals surface area contributed by atoms with Crippen molar-refractivity contribution in [1.29, 1.82) is 0 Å². The van der Waals surface area contributed by atoms with E-state index >= 15 is 0 Å². The molecule has 0 saturated carbocycles. The molecule has 1 aliphatic heterocycles. The second-order valence-corrected chi connectivity index (χ2v) is 7.92. The molecule has 8 heteroatoms. The van der Waals surface area contributed by atoms with Crippen LogP contribution >= 0.6 is 11.3 Å². The molecule has 0 atom stereocenters. The standard InChI is InChI=1S/C22H25N3O4S/c1-4-29-16-6-7-17-20(14-16)30-22(23-17)25-11-9-24(10-12-25)21(26)15-5-8-18(27-2)19(13-15)28-3/h5-8,13-14H,4,9-12H2,1-3H3. The minimum atomic E-state index is 0.00117. The average molecular weight is 428 g/mol. The Bertz CT molecular complexity index is 1040. The van der Waals surface area contributed by atoms with E-state index in [9.17, 15) is 4.79 Å². The van der Waals surface area contributed by atoms with Crippen molar-refractivity contribution in [3.8, 4) is 17.2 Å². The number of methoxy groups -OCH3 is 2. The second kappa shape index (κ2) is 8.79. The van der Waals surface area contributed by atoms with E-state index in [2.05, 4.69) is 4.90 Å². The zero-order valence-corrected chi connectivity index (χ0v) is 18.2. The van der Waals surface area contributed by atoms with Crippen LogP contribution in [0.4, 0.5) is 5.13 Å². The first-order valence-corrected chi connectivity index (χ1v) is 10.7. The Labute approximate surface area is 179 Å². The second-order valence-electron chi connectivity index (χ2n) is 6.91. The molecule has 0 bridgehead atoms. The molecule has 158 valence electrons. The molecule has 0 unspecified atom stereocenters. The Kier molecular flexibility index (Phi) is 5.94. The van der Waals surface area contributed by atoms with Gasteiger partial charge in [-0.15, -0.1) is 0 Å². The van der Waals surface area contributed by atoms with E-state index in [4.69, 9.17) is 19.2 Å². The zero-order valence-electron chi connectivity index (χ0n) is 17.4. The van der Waals surface area contributed by atoms with Crippen LogP contribution in [0.1, 0.15) is 17.3 Å². The van der Waals surface area contributed by atoms with E-state index in [1.165, 1.54) is 0 Å². The molecule has 1 aromatic heterocycles. The van der Waals surface area contributed by atoms with Crippen molar-refractivity contribution in [3.05, 3.63) is 42.0 Å². The van der Waals surface area contributed by atoms with E-state index in [1.54, 1.807) is 43.8 Å². The monoisotopic (exact) mass is 427 g/mol. The summed E-state index contributed by atoms with van der Waals surface area (Å²) in [6, 6.07) is 11.3. The molecule has 1 aliphatic rings. The predicted molar refractivity (Wildman–Crippen MR) is 118 cm³/mol. The molecule has 2 heterocycles. The first kappa shape index (κ1) is 20.3. The van der Waals surface area contributed by atoms with E-state index in [0.29, 0.717) is 36.8 Å². The number of fused-ring (bicyclic) bond motifs is 1. The van der Waals surface area contributed by atoms with Gasteiger partial charge in [0.25, 0.3) is 5.91 Å². The van der Waals surface area contributed by atoms with Crippen LogP contribution in [0, 0.1) is 0 Å². The highest BCUT2D eigenvalue weighted by Gasteiger charge is 2.24. The number of hydrogen-bond donors (Lipinski definition) is 0. The summed E-state index contributed by atoms with van der Waals surface area (Å²) in [5.74, 6) is 2.04. The summed E-state index contributed by atoms with van der Waals surface area (Å²) in [7, 11) is 3.15. The van der Waals surface area contributed by atoms with Gasteiger partial charge in [0.2, 0.25) is 0 Å². The Morgan fingerprint density at radius 3 is 2.50 bits per heavy atom. The van der Waals surface area contributed by atoms with Gasteiger partial charge in [0, 0.05) is 31.7 Å². The molecule has 3 aromatic rings. The summed E-state index contributed by atoms with van der Waals surface area (Å²) in [6.07, 6.45) is 0. The number of thiazole rings is 1. The number of anilines is 1. The van der Waals surface area contributed by atoms with Gasteiger partial charge in [0.1, 0.15) is 5.75 Å². The van der Waals surface area contributed by atoms with Gasteiger partial charge >= 0.3 is 0 Å². The lowest BCUT2D eigenvalue weighted by atomic mass is 10.1.